The second-order valence-electron chi connectivity index (χ2n) is 3.56. The Balaban J connectivity index is 2.21. The van der Waals surface area contributed by atoms with Crippen molar-refractivity contribution in [2.75, 3.05) is 0 Å². The fourth-order valence-electron chi connectivity index (χ4n) is 1.45. The van der Waals surface area contributed by atoms with Crippen LogP contribution in [0.25, 0.3) is 0 Å². The van der Waals surface area contributed by atoms with Crippen molar-refractivity contribution in [1.29, 1.82) is 0 Å². The lowest BCUT2D eigenvalue weighted by Crippen LogP contribution is -1.94. The van der Waals surface area contributed by atoms with E-state index in [0.29, 0.717) is 10.6 Å². The Kier molecular flexibility index (Phi) is 3.82. The van der Waals surface area contributed by atoms with Gasteiger partial charge in [-0.25, -0.2) is 0 Å². The highest BCUT2D eigenvalue weighted by molar-refractivity contribution is 6.31. The summed E-state index contributed by atoms with van der Waals surface area (Å²) in [5.41, 5.74) is 1.51. The molecule has 17 heavy (non-hydrogen) atoms. The third kappa shape index (κ3) is 3.10. The summed E-state index contributed by atoms with van der Waals surface area (Å²) in [4.78, 5) is 0. The van der Waals surface area contributed by atoms with Gasteiger partial charge in [-0.1, -0.05) is 59.8 Å². The molecule has 2 heteroatoms. The highest BCUT2D eigenvalue weighted by atomic mass is 35.5. The molecule has 0 radical (unpaired) electrons. The molecule has 0 aromatic heterocycles. The van der Waals surface area contributed by atoms with E-state index in [9.17, 15) is 5.11 Å². The lowest BCUT2D eigenvalue weighted by atomic mass is 10.1. The number of aliphatic hydroxyl groups is 1. The van der Waals surface area contributed by atoms with E-state index in [-0.39, 0.29) is 0 Å². The average molecular weight is 243 g/mol. The fourth-order valence-corrected chi connectivity index (χ4v) is 1.69. The van der Waals surface area contributed by atoms with Crippen molar-refractivity contribution in [3.05, 3.63) is 70.7 Å². The van der Waals surface area contributed by atoms with Crippen LogP contribution in [0.2, 0.25) is 5.02 Å². The van der Waals surface area contributed by atoms with E-state index in [2.05, 4.69) is 11.8 Å². The first kappa shape index (κ1) is 11.7. The average Bonchev–Trinajstić information content (AvgIpc) is 2.38. The third-order valence-corrected chi connectivity index (χ3v) is 2.67. The zero-order valence-electron chi connectivity index (χ0n) is 9.10. The zero-order chi connectivity index (χ0) is 12.1. The molecule has 1 unspecified atom stereocenters. The van der Waals surface area contributed by atoms with E-state index in [1.165, 1.54) is 0 Å². The predicted octanol–water partition coefficient (Wildman–Crippen LogP) is 3.43. The molecule has 2 aromatic rings. The smallest absolute Gasteiger partial charge is 0.142 e. The minimum absolute atomic E-state index is 0.530. The highest BCUT2D eigenvalue weighted by Gasteiger charge is 2.06. The Morgan fingerprint density at radius 1 is 0.941 bits per heavy atom. The first-order valence-corrected chi connectivity index (χ1v) is 5.64. The number of aliphatic hydroxyl groups excluding tert-OH is 1. The van der Waals surface area contributed by atoms with Gasteiger partial charge >= 0.3 is 0 Å². The summed E-state index contributed by atoms with van der Waals surface area (Å²) >= 11 is 5.97. The Morgan fingerprint density at radius 2 is 1.59 bits per heavy atom. The molecule has 0 heterocycles. The van der Waals surface area contributed by atoms with Gasteiger partial charge in [0.2, 0.25) is 0 Å². The summed E-state index contributed by atoms with van der Waals surface area (Å²) in [7, 11) is 0. The molecule has 0 aliphatic carbocycles. The first-order valence-electron chi connectivity index (χ1n) is 5.26. The quantitative estimate of drug-likeness (QED) is 0.760. The largest absolute Gasteiger partial charge is 0.376 e. The number of hydrogen-bond donors (Lipinski definition) is 1. The van der Waals surface area contributed by atoms with E-state index in [1.54, 1.807) is 12.1 Å². The molecule has 84 valence electrons. The van der Waals surface area contributed by atoms with Crippen LogP contribution in [-0.2, 0) is 0 Å². The topological polar surface area (TPSA) is 20.2 Å². The summed E-state index contributed by atoms with van der Waals surface area (Å²) in [6.07, 6.45) is -0.857. The van der Waals surface area contributed by atoms with Crippen LogP contribution in [0.3, 0.4) is 0 Å². The maximum Gasteiger partial charge on any atom is 0.142 e. The molecule has 0 aliphatic heterocycles. The van der Waals surface area contributed by atoms with Crippen LogP contribution in [-0.4, -0.2) is 5.11 Å². The van der Waals surface area contributed by atoms with Crippen LogP contribution >= 0.6 is 11.6 Å². The van der Waals surface area contributed by atoms with Gasteiger partial charge < -0.3 is 5.11 Å². The number of benzene rings is 2. The summed E-state index contributed by atoms with van der Waals surface area (Å²) in [5.74, 6) is 5.69. The van der Waals surface area contributed by atoms with Gasteiger partial charge in [0.05, 0.1) is 0 Å². The normalized spacial score (nSPS) is 11.4. The van der Waals surface area contributed by atoms with Crippen LogP contribution in [0.4, 0.5) is 0 Å². The molecule has 1 atom stereocenters. The minimum Gasteiger partial charge on any atom is -0.376 e. The molecule has 0 aliphatic rings. The van der Waals surface area contributed by atoms with E-state index in [1.807, 2.05) is 42.5 Å². The van der Waals surface area contributed by atoms with Gasteiger partial charge in [0.25, 0.3) is 0 Å². The summed E-state index contributed by atoms with van der Waals surface area (Å²) in [6.45, 7) is 0. The van der Waals surface area contributed by atoms with Crippen molar-refractivity contribution < 1.29 is 5.11 Å². The van der Waals surface area contributed by atoms with Crippen LogP contribution in [0.15, 0.2) is 54.6 Å². The molecule has 2 rings (SSSR count). The number of halogens is 1. The summed E-state index contributed by atoms with van der Waals surface area (Å²) in [6, 6.07) is 16.7. The number of hydrogen-bond acceptors (Lipinski definition) is 1. The van der Waals surface area contributed by atoms with Gasteiger partial charge in [0.15, 0.2) is 0 Å². The van der Waals surface area contributed by atoms with Crippen molar-refractivity contribution in [2.24, 2.45) is 0 Å². The highest BCUT2D eigenvalue weighted by Crippen LogP contribution is 2.21. The summed E-state index contributed by atoms with van der Waals surface area (Å²) < 4.78 is 0. The van der Waals surface area contributed by atoms with Gasteiger partial charge in [-0.2, -0.15) is 0 Å². The SMILES string of the molecule is OC(C#Cc1ccccc1)c1ccccc1Cl. The van der Waals surface area contributed by atoms with Gasteiger partial charge in [0.1, 0.15) is 6.10 Å². The van der Waals surface area contributed by atoms with E-state index in [4.69, 9.17) is 11.6 Å². The molecule has 0 amide bonds. The van der Waals surface area contributed by atoms with E-state index < -0.39 is 6.10 Å². The van der Waals surface area contributed by atoms with Gasteiger partial charge in [0, 0.05) is 16.1 Å². The van der Waals surface area contributed by atoms with Gasteiger partial charge in [-0.3, -0.25) is 0 Å². The molecule has 1 nitrogen and oxygen atoms in total. The molecule has 2 aromatic carbocycles. The lowest BCUT2D eigenvalue weighted by molar-refractivity contribution is 0.238. The van der Waals surface area contributed by atoms with Crippen molar-refractivity contribution >= 4 is 11.6 Å². The van der Waals surface area contributed by atoms with Crippen molar-refractivity contribution in [3.63, 3.8) is 0 Å². The van der Waals surface area contributed by atoms with Crippen LogP contribution < -0.4 is 0 Å². The van der Waals surface area contributed by atoms with Crippen molar-refractivity contribution in [1.82, 2.24) is 0 Å². The van der Waals surface area contributed by atoms with Crippen LogP contribution in [0.5, 0.6) is 0 Å². The second-order valence-corrected chi connectivity index (χ2v) is 3.97. The number of rotatable bonds is 1. The molecule has 1 N–H and O–H groups in total. The van der Waals surface area contributed by atoms with E-state index >= 15 is 0 Å². The Labute approximate surface area is 106 Å². The fraction of sp³-hybridized carbons (Fsp3) is 0.0667. The molecule has 0 spiro atoms. The first-order chi connectivity index (χ1) is 8.27. The Morgan fingerprint density at radius 3 is 2.29 bits per heavy atom. The lowest BCUT2D eigenvalue weighted by Gasteiger charge is -2.05. The molecule has 0 saturated carbocycles. The minimum atomic E-state index is -0.857. The van der Waals surface area contributed by atoms with Gasteiger partial charge in [-0.15, -0.1) is 0 Å². The second kappa shape index (κ2) is 5.54. The van der Waals surface area contributed by atoms with Crippen LogP contribution in [0, 0.1) is 11.8 Å². The maximum absolute atomic E-state index is 9.90. The summed E-state index contributed by atoms with van der Waals surface area (Å²) in [5, 5.41) is 10.4. The van der Waals surface area contributed by atoms with Crippen LogP contribution in [0.1, 0.15) is 17.2 Å². The van der Waals surface area contributed by atoms with E-state index in [0.717, 1.165) is 5.56 Å². The third-order valence-electron chi connectivity index (χ3n) is 2.33. The van der Waals surface area contributed by atoms with Gasteiger partial charge in [-0.05, 0) is 18.2 Å². The predicted molar refractivity (Wildman–Crippen MR) is 69.7 cm³/mol. The molecule has 0 saturated heterocycles. The Hall–Kier alpha value is -1.75. The van der Waals surface area contributed by atoms with Crippen molar-refractivity contribution in [3.8, 4) is 11.8 Å². The van der Waals surface area contributed by atoms with Crippen molar-refractivity contribution in [2.45, 2.75) is 6.10 Å². The zero-order valence-corrected chi connectivity index (χ0v) is 9.85. The standard InChI is InChI=1S/C15H11ClO/c16-14-9-5-4-8-13(14)15(17)11-10-12-6-2-1-3-7-12/h1-9,15,17H. The molecular weight excluding hydrogens is 232 g/mol. The molecule has 0 bridgehead atoms. The molecule has 0 fully saturated rings. The monoisotopic (exact) mass is 242 g/mol. The maximum atomic E-state index is 9.90. The Bertz CT molecular complexity index is 552. The molecular formula is C15H11ClO.